The Morgan fingerprint density at radius 3 is 3.25 bits per heavy atom. The van der Waals surface area contributed by atoms with Crippen molar-refractivity contribution < 1.29 is 14.3 Å². The zero-order chi connectivity index (χ0) is 16.6. The summed E-state index contributed by atoms with van der Waals surface area (Å²) in [7, 11) is 0. The molecule has 1 spiro atoms. The SMILES string of the molecule is CCC1CN(C(=O)Nc2cnn3cccnc23)CC2(CCOC2)O1. The maximum absolute atomic E-state index is 12.8. The fourth-order valence-electron chi connectivity index (χ4n) is 3.37. The van der Waals surface area contributed by atoms with Crippen LogP contribution in [0.15, 0.2) is 24.7 Å². The second kappa shape index (κ2) is 6.03. The second-order valence-corrected chi connectivity index (χ2v) is 6.39. The summed E-state index contributed by atoms with van der Waals surface area (Å²) in [6, 6.07) is 1.65. The average Bonchev–Trinajstić information content (AvgIpc) is 3.22. The Morgan fingerprint density at radius 2 is 2.46 bits per heavy atom. The number of hydrogen-bond acceptors (Lipinski definition) is 5. The van der Waals surface area contributed by atoms with Crippen LogP contribution in [0.1, 0.15) is 19.8 Å². The highest BCUT2D eigenvalue weighted by atomic mass is 16.6. The fourth-order valence-corrected chi connectivity index (χ4v) is 3.37. The maximum atomic E-state index is 12.8. The van der Waals surface area contributed by atoms with Gasteiger partial charge in [0.1, 0.15) is 11.3 Å². The Hall–Kier alpha value is -2.19. The van der Waals surface area contributed by atoms with Crippen molar-refractivity contribution in [1.82, 2.24) is 19.5 Å². The first-order chi connectivity index (χ1) is 11.7. The molecule has 0 bridgehead atoms. The maximum Gasteiger partial charge on any atom is 0.322 e. The molecule has 2 atom stereocenters. The van der Waals surface area contributed by atoms with Crippen LogP contribution in [0, 0.1) is 0 Å². The minimum atomic E-state index is -0.365. The smallest absolute Gasteiger partial charge is 0.322 e. The molecule has 1 N–H and O–H groups in total. The van der Waals surface area contributed by atoms with Gasteiger partial charge in [0, 0.05) is 32.0 Å². The number of nitrogens with zero attached hydrogens (tertiary/aromatic N) is 4. The van der Waals surface area contributed by atoms with Crippen LogP contribution in [0.5, 0.6) is 0 Å². The van der Waals surface area contributed by atoms with Crippen LogP contribution in [-0.2, 0) is 9.47 Å². The summed E-state index contributed by atoms with van der Waals surface area (Å²) in [5, 5.41) is 7.13. The van der Waals surface area contributed by atoms with Crippen LogP contribution in [0.25, 0.3) is 5.65 Å². The molecule has 0 radical (unpaired) electrons. The van der Waals surface area contributed by atoms with Gasteiger partial charge in [0.05, 0.1) is 25.5 Å². The van der Waals surface area contributed by atoms with E-state index >= 15 is 0 Å². The van der Waals surface area contributed by atoms with Crippen molar-refractivity contribution in [1.29, 1.82) is 0 Å². The number of carbonyl (C=O) groups excluding carboxylic acids is 1. The molecule has 2 aliphatic rings. The quantitative estimate of drug-likeness (QED) is 0.902. The minimum Gasteiger partial charge on any atom is -0.378 e. The van der Waals surface area contributed by atoms with Crippen molar-refractivity contribution >= 4 is 17.4 Å². The fraction of sp³-hybridized carbons (Fsp3) is 0.562. The molecule has 0 saturated carbocycles. The van der Waals surface area contributed by atoms with Gasteiger partial charge in [-0.05, 0) is 12.5 Å². The first-order valence-corrected chi connectivity index (χ1v) is 8.29. The van der Waals surface area contributed by atoms with Gasteiger partial charge >= 0.3 is 6.03 Å². The molecule has 2 amide bonds. The zero-order valence-electron chi connectivity index (χ0n) is 13.6. The Balaban J connectivity index is 1.52. The first kappa shape index (κ1) is 15.3. The van der Waals surface area contributed by atoms with E-state index in [0.29, 0.717) is 37.6 Å². The molecule has 8 nitrogen and oxygen atoms in total. The number of hydrogen-bond donors (Lipinski definition) is 1. The van der Waals surface area contributed by atoms with Crippen molar-refractivity contribution in [3.63, 3.8) is 0 Å². The van der Waals surface area contributed by atoms with Gasteiger partial charge in [-0.3, -0.25) is 0 Å². The average molecular weight is 331 g/mol. The summed E-state index contributed by atoms with van der Waals surface area (Å²) in [5.41, 5.74) is 0.872. The molecule has 128 valence electrons. The summed E-state index contributed by atoms with van der Waals surface area (Å²) in [4.78, 5) is 18.8. The third-order valence-electron chi connectivity index (χ3n) is 4.65. The van der Waals surface area contributed by atoms with Gasteiger partial charge in [-0.25, -0.2) is 14.3 Å². The predicted molar refractivity (Wildman–Crippen MR) is 86.9 cm³/mol. The standard InChI is InChI=1S/C16H21N5O3/c1-2-12-9-20(10-16(24-12)4-7-23-11-16)15(22)19-13-8-18-21-6-3-5-17-14(13)21/h3,5-6,8,12H,2,4,7,9-11H2,1H3,(H,19,22). The molecule has 4 rings (SSSR count). The lowest BCUT2D eigenvalue weighted by Gasteiger charge is -2.43. The van der Waals surface area contributed by atoms with Crippen LogP contribution < -0.4 is 5.32 Å². The van der Waals surface area contributed by atoms with Crippen molar-refractivity contribution in [3.8, 4) is 0 Å². The number of morpholine rings is 1. The van der Waals surface area contributed by atoms with Crippen molar-refractivity contribution in [3.05, 3.63) is 24.7 Å². The highest BCUT2D eigenvalue weighted by Crippen LogP contribution is 2.31. The van der Waals surface area contributed by atoms with Gasteiger partial charge in [0.2, 0.25) is 0 Å². The molecule has 0 aliphatic carbocycles. The van der Waals surface area contributed by atoms with E-state index in [0.717, 1.165) is 12.8 Å². The number of amides is 2. The molecule has 0 aromatic carbocycles. The van der Waals surface area contributed by atoms with E-state index in [1.807, 2.05) is 4.90 Å². The van der Waals surface area contributed by atoms with Crippen molar-refractivity contribution in [2.24, 2.45) is 0 Å². The lowest BCUT2D eigenvalue weighted by atomic mass is 9.99. The highest BCUT2D eigenvalue weighted by molar-refractivity contribution is 5.93. The van der Waals surface area contributed by atoms with E-state index in [4.69, 9.17) is 9.47 Å². The summed E-state index contributed by atoms with van der Waals surface area (Å²) < 4.78 is 13.3. The van der Waals surface area contributed by atoms with E-state index in [1.165, 1.54) is 0 Å². The molecular formula is C16H21N5O3. The van der Waals surface area contributed by atoms with Gasteiger partial charge < -0.3 is 19.7 Å². The number of fused-ring (bicyclic) bond motifs is 1. The van der Waals surface area contributed by atoms with E-state index in [9.17, 15) is 4.79 Å². The molecule has 4 heterocycles. The number of aromatic nitrogens is 3. The van der Waals surface area contributed by atoms with Crippen molar-refractivity contribution in [2.45, 2.75) is 31.5 Å². The van der Waals surface area contributed by atoms with Crippen molar-refractivity contribution in [2.75, 3.05) is 31.6 Å². The zero-order valence-corrected chi connectivity index (χ0v) is 13.6. The molecule has 8 heteroatoms. The van der Waals surface area contributed by atoms with Crippen LogP contribution in [0.4, 0.5) is 10.5 Å². The molecule has 2 aliphatic heterocycles. The Bertz CT molecular complexity index is 740. The molecule has 24 heavy (non-hydrogen) atoms. The normalized spacial score (nSPS) is 27.0. The molecule has 2 aromatic rings. The Kier molecular flexibility index (Phi) is 3.85. The Morgan fingerprint density at radius 1 is 1.54 bits per heavy atom. The molecular weight excluding hydrogens is 310 g/mol. The molecule has 2 unspecified atom stereocenters. The molecule has 2 fully saturated rings. The minimum absolute atomic E-state index is 0.0354. The summed E-state index contributed by atoms with van der Waals surface area (Å²) >= 11 is 0. The molecule has 2 aromatic heterocycles. The van der Waals surface area contributed by atoms with Gasteiger partial charge in [-0.15, -0.1) is 0 Å². The van der Waals surface area contributed by atoms with Gasteiger partial charge in [0.25, 0.3) is 0 Å². The topological polar surface area (TPSA) is 81.0 Å². The van der Waals surface area contributed by atoms with Gasteiger partial charge in [-0.2, -0.15) is 5.10 Å². The number of anilines is 1. The van der Waals surface area contributed by atoms with Crippen LogP contribution >= 0.6 is 0 Å². The third kappa shape index (κ3) is 2.71. The van der Waals surface area contributed by atoms with Crippen LogP contribution in [-0.4, -0.2) is 63.5 Å². The van der Waals surface area contributed by atoms with Crippen LogP contribution in [0.3, 0.4) is 0 Å². The van der Waals surface area contributed by atoms with E-state index in [1.54, 1.807) is 29.2 Å². The predicted octanol–water partition coefficient (Wildman–Crippen LogP) is 1.53. The summed E-state index contributed by atoms with van der Waals surface area (Å²) in [6.07, 6.45) is 6.82. The summed E-state index contributed by atoms with van der Waals surface area (Å²) in [6.45, 7) is 4.43. The lowest BCUT2D eigenvalue weighted by Crippen LogP contribution is -2.58. The first-order valence-electron chi connectivity index (χ1n) is 8.29. The van der Waals surface area contributed by atoms with E-state index in [2.05, 4.69) is 22.3 Å². The number of ether oxygens (including phenoxy) is 2. The van der Waals surface area contributed by atoms with Gasteiger partial charge in [-0.1, -0.05) is 6.92 Å². The number of nitrogens with one attached hydrogen (secondary N) is 1. The van der Waals surface area contributed by atoms with Gasteiger partial charge in [0.15, 0.2) is 5.65 Å². The number of carbonyl (C=O) groups is 1. The number of urea groups is 1. The largest absolute Gasteiger partial charge is 0.378 e. The number of rotatable bonds is 2. The summed E-state index contributed by atoms with van der Waals surface area (Å²) in [5.74, 6) is 0. The van der Waals surface area contributed by atoms with E-state index in [-0.39, 0.29) is 17.7 Å². The lowest BCUT2D eigenvalue weighted by molar-refractivity contribution is -0.143. The van der Waals surface area contributed by atoms with E-state index < -0.39 is 0 Å². The second-order valence-electron chi connectivity index (χ2n) is 6.39. The third-order valence-corrected chi connectivity index (χ3v) is 4.65. The molecule has 2 saturated heterocycles. The monoisotopic (exact) mass is 331 g/mol. The Labute approximate surface area is 139 Å². The van der Waals surface area contributed by atoms with Crippen LogP contribution in [0.2, 0.25) is 0 Å². The highest BCUT2D eigenvalue weighted by Gasteiger charge is 2.44.